The summed E-state index contributed by atoms with van der Waals surface area (Å²) in [6, 6.07) is 13.7. The van der Waals surface area contributed by atoms with Gasteiger partial charge in [0.05, 0.1) is 17.8 Å². The zero-order valence-electron chi connectivity index (χ0n) is 12.9. The van der Waals surface area contributed by atoms with Crippen LogP contribution in [0.2, 0.25) is 0 Å². The second-order valence-electron chi connectivity index (χ2n) is 5.52. The molecule has 0 aliphatic carbocycles. The van der Waals surface area contributed by atoms with Crippen molar-refractivity contribution in [3.8, 4) is 0 Å². The molecule has 3 rings (SSSR count). The van der Waals surface area contributed by atoms with E-state index in [9.17, 15) is 4.79 Å². The van der Waals surface area contributed by atoms with E-state index in [2.05, 4.69) is 10.1 Å². The molecule has 1 aromatic carbocycles. The van der Waals surface area contributed by atoms with Gasteiger partial charge in [0.2, 0.25) is 0 Å². The predicted octanol–water partition coefficient (Wildman–Crippen LogP) is 3.71. The molecule has 0 radical (unpaired) electrons. The van der Waals surface area contributed by atoms with Gasteiger partial charge in [-0.1, -0.05) is 38.1 Å². The molecule has 1 unspecified atom stereocenters. The van der Waals surface area contributed by atoms with Gasteiger partial charge in [0.15, 0.2) is 5.78 Å². The van der Waals surface area contributed by atoms with Crippen LogP contribution in [0.4, 0.5) is 0 Å². The fourth-order valence-corrected chi connectivity index (χ4v) is 2.49. The van der Waals surface area contributed by atoms with Crippen LogP contribution in [-0.4, -0.2) is 20.5 Å². The van der Waals surface area contributed by atoms with Gasteiger partial charge in [-0.05, 0) is 24.6 Å². The third-order valence-corrected chi connectivity index (χ3v) is 3.99. The van der Waals surface area contributed by atoms with Gasteiger partial charge in [-0.2, -0.15) is 5.10 Å². The molecule has 0 aliphatic rings. The summed E-state index contributed by atoms with van der Waals surface area (Å²) < 4.78 is 1.87. The summed E-state index contributed by atoms with van der Waals surface area (Å²) >= 11 is 0. The number of hydrogen-bond acceptors (Lipinski definition) is 3. The Bertz CT molecular complexity index is 792. The van der Waals surface area contributed by atoms with Crippen LogP contribution in [0, 0.1) is 5.92 Å². The first-order chi connectivity index (χ1) is 10.7. The van der Waals surface area contributed by atoms with E-state index in [1.165, 1.54) is 0 Å². The quantitative estimate of drug-likeness (QED) is 0.674. The number of para-hydroxylation sites is 1. The Morgan fingerprint density at radius 3 is 2.68 bits per heavy atom. The second kappa shape index (κ2) is 6.10. The molecule has 3 aromatic rings. The topological polar surface area (TPSA) is 47.8 Å². The average molecular weight is 293 g/mol. The van der Waals surface area contributed by atoms with Gasteiger partial charge in [-0.15, -0.1) is 0 Å². The molecule has 2 aromatic heterocycles. The highest BCUT2D eigenvalue weighted by atomic mass is 16.1. The van der Waals surface area contributed by atoms with Crippen molar-refractivity contribution in [1.29, 1.82) is 0 Å². The maximum atomic E-state index is 12.6. The lowest BCUT2D eigenvalue weighted by atomic mass is 9.99. The van der Waals surface area contributed by atoms with Crippen molar-refractivity contribution >= 4 is 16.7 Å². The molecule has 0 fully saturated rings. The van der Waals surface area contributed by atoms with Crippen LogP contribution in [0.5, 0.6) is 0 Å². The first-order valence-electron chi connectivity index (χ1n) is 7.60. The van der Waals surface area contributed by atoms with Crippen molar-refractivity contribution in [2.45, 2.75) is 26.8 Å². The molecule has 112 valence electrons. The lowest BCUT2D eigenvalue weighted by Crippen LogP contribution is -2.12. The summed E-state index contributed by atoms with van der Waals surface area (Å²) in [4.78, 5) is 16.9. The molecule has 0 aliphatic heterocycles. The molecule has 0 N–H and O–H groups in total. The Morgan fingerprint density at radius 1 is 1.18 bits per heavy atom. The van der Waals surface area contributed by atoms with Crippen LogP contribution in [0.25, 0.3) is 10.9 Å². The van der Waals surface area contributed by atoms with Gasteiger partial charge in [0.25, 0.3) is 0 Å². The van der Waals surface area contributed by atoms with Crippen molar-refractivity contribution in [3.63, 3.8) is 0 Å². The normalized spacial score (nSPS) is 12.5. The lowest BCUT2D eigenvalue weighted by molar-refractivity contribution is 0.0923. The SMILES string of the molecule is CCC(C)C(=O)c1nn(Cc2ccccn2)c2ccccc12. The van der Waals surface area contributed by atoms with Crippen LogP contribution in [0.1, 0.15) is 36.5 Å². The van der Waals surface area contributed by atoms with E-state index < -0.39 is 0 Å². The molecule has 0 saturated carbocycles. The van der Waals surface area contributed by atoms with Gasteiger partial charge >= 0.3 is 0 Å². The number of benzene rings is 1. The summed E-state index contributed by atoms with van der Waals surface area (Å²) in [6.07, 6.45) is 2.59. The number of rotatable bonds is 5. The monoisotopic (exact) mass is 293 g/mol. The molecule has 0 saturated heterocycles. The first-order valence-corrected chi connectivity index (χ1v) is 7.60. The van der Waals surface area contributed by atoms with Crippen LogP contribution in [0.3, 0.4) is 0 Å². The largest absolute Gasteiger partial charge is 0.292 e. The summed E-state index contributed by atoms with van der Waals surface area (Å²) in [6.45, 7) is 4.54. The Hall–Kier alpha value is -2.49. The number of nitrogens with zero attached hydrogens (tertiary/aromatic N) is 3. The number of ketones is 1. The van der Waals surface area contributed by atoms with Crippen molar-refractivity contribution < 1.29 is 4.79 Å². The second-order valence-corrected chi connectivity index (χ2v) is 5.52. The molecule has 0 spiro atoms. The molecule has 4 heteroatoms. The van der Waals surface area contributed by atoms with E-state index in [1.807, 2.05) is 61.0 Å². The number of carbonyl (C=O) groups excluding carboxylic acids is 1. The summed E-state index contributed by atoms with van der Waals surface area (Å²) in [5, 5.41) is 5.50. The van der Waals surface area contributed by atoms with E-state index in [-0.39, 0.29) is 11.7 Å². The van der Waals surface area contributed by atoms with Crippen LogP contribution in [-0.2, 0) is 6.54 Å². The molecular weight excluding hydrogens is 274 g/mol. The molecular formula is C18H19N3O. The van der Waals surface area contributed by atoms with E-state index in [0.717, 1.165) is 23.0 Å². The van der Waals surface area contributed by atoms with Crippen molar-refractivity contribution in [3.05, 3.63) is 60.0 Å². The number of fused-ring (bicyclic) bond motifs is 1. The minimum absolute atomic E-state index is 0.0124. The Kier molecular flexibility index (Phi) is 4.00. The fourth-order valence-electron chi connectivity index (χ4n) is 2.49. The third kappa shape index (κ3) is 2.64. The van der Waals surface area contributed by atoms with Gasteiger partial charge < -0.3 is 0 Å². The summed E-state index contributed by atoms with van der Waals surface area (Å²) in [5.74, 6) is 0.0973. The molecule has 1 atom stereocenters. The molecule has 4 nitrogen and oxygen atoms in total. The average Bonchev–Trinajstić information content (AvgIpc) is 2.93. The summed E-state index contributed by atoms with van der Waals surface area (Å²) in [7, 11) is 0. The maximum Gasteiger partial charge on any atom is 0.186 e. The standard InChI is InChI=1S/C18H19N3O/c1-3-13(2)18(22)17-15-9-4-5-10-16(15)21(20-17)12-14-8-6-7-11-19-14/h4-11,13H,3,12H2,1-2H3. The Labute approximate surface area is 129 Å². The van der Waals surface area contributed by atoms with E-state index in [0.29, 0.717) is 12.2 Å². The number of pyridine rings is 1. The highest BCUT2D eigenvalue weighted by Crippen LogP contribution is 2.22. The maximum absolute atomic E-state index is 12.6. The predicted molar refractivity (Wildman–Crippen MR) is 86.9 cm³/mol. The van der Waals surface area contributed by atoms with Crippen molar-refractivity contribution in [2.24, 2.45) is 5.92 Å². The molecule has 0 amide bonds. The number of aromatic nitrogens is 3. The van der Waals surface area contributed by atoms with Crippen LogP contribution < -0.4 is 0 Å². The zero-order valence-corrected chi connectivity index (χ0v) is 12.9. The highest BCUT2D eigenvalue weighted by molar-refractivity contribution is 6.06. The third-order valence-electron chi connectivity index (χ3n) is 3.99. The molecule has 0 bridgehead atoms. The number of hydrogen-bond donors (Lipinski definition) is 0. The lowest BCUT2D eigenvalue weighted by Gasteiger charge is -2.04. The zero-order chi connectivity index (χ0) is 15.5. The Balaban J connectivity index is 2.06. The molecule has 2 heterocycles. The van der Waals surface area contributed by atoms with E-state index in [4.69, 9.17) is 0 Å². The van der Waals surface area contributed by atoms with E-state index in [1.54, 1.807) is 6.20 Å². The van der Waals surface area contributed by atoms with Gasteiger partial charge in [0.1, 0.15) is 5.69 Å². The first kappa shape index (κ1) is 14.4. The van der Waals surface area contributed by atoms with Crippen LogP contribution >= 0.6 is 0 Å². The highest BCUT2D eigenvalue weighted by Gasteiger charge is 2.21. The minimum atomic E-state index is -0.0124. The Morgan fingerprint density at radius 2 is 1.95 bits per heavy atom. The summed E-state index contributed by atoms with van der Waals surface area (Å²) in [5.41, 5.74) is 2.47. The van der Waals surface area contributed by atoms with Gasteiger partial charge in [0, 0.05) is 17.5 Å². The van der Waals surface area contributed by atoms with Gasteiger partial charge in [-0.3, -0.25) is 14.5 Å². The molecule has 22 heavy (non-hydrogen) atoms. The fraction of sp³-hybridized carbons (Fsp3) is 0.278. The minimum Gasteiger partial charge on any atom is -0.292 e. The van der Waals surface area contributed by atoms with E-state index >= 15 is 0 Å². The van der Waals surface area contributed by atoms with Crippen LogP contribution in [0.15, 0.2) is 48.7 Å². The number of carbonyl (C=O) groups is 1. The number of Topliss-reactive ketones (excluding diaryl/α,β-unsaturated/α-hetero) is 1. The van der Waals surface area contributed by atoms with Gasteiger partial charge in [-0.25, -0.2) is 0 Å². The van der Waals surface area contributed by atoms with Crippen molar-refractivity contribution in [1.82, 2.24) is 14.8 Å². The van der Waals surface area contributed by atoms with Crippen molar-refractivity contribution in [2.75, 3.05) is 0 Å². The smallest absolute Gasteiger partial charge is 0.186 e.